The van der Waals surface area contributed by atoms with E-state index in [1.165, 1.54) is 4.90 Å². The Kier molecular flexibility index (Phi) is 5.75. The fourth-order valence-electron chi connectivity index (χ4n) is 2.11. The third-order valence-electron chi connectivity index (χ3n) is 3.14. The Hall–Kier alpha value is -1.63. The number of carboxylic acids is 1. The molecule has 1 rings (SSSR count). The van der Waals surface area contributed by atoms with Crippen molar-refractivity contribution in [3.8, 4) is 0 Å². The summed E-state index contributed by atoms with van der Waals surface area (Å²) in [6.45, 7) is 2.92. The van der Waals surface area contributed by atoms with Gasteiger partial charge in [-0.15, -0.1) is 0 Å². The number of ether oxygens (including phenoxy) is 1. The van der Waals surface area contributed by atoms with Gasteiger partial charge in [-0.1, -0.05) is 0 Å². The molecule has 1 fully saturated rings. The first-order valence-electron chi connectivity index (χ1n) is 6.38. The van der Waals surface area contributed by atoms with Gasteiger partial charge in [0.05, 0.1) is 25.0 Å². The van der Waals surface area contributed by atoms with E-state index in [0.29, 0.717) is 32.5 Å². The number of carbonyl (C=O) groups excluding carboxylic acids is 2. The number of nitrogens with two attached hydrogens (primary N) is 1. The lowest BCUT2D eigenvalue weighted by atomic mass is 9.96. The smallest absolute Gasteiger partial charge is 0.309 e. The zero-order valence-electron chi connectivity index (χ0n) is 11.0. The van der Waals surface area contributed by atoms with Crippen LogP contribution in [0.15, 0.2) is 0 Å². The second-order valence-electron chi connectivity index (χ2n) is 4.56. The molecule has 1 aliphatic heterocycles. The minimum atomic E-state index is -1.10. The fraction of sp³-hybridized carbons (Fsp3) is 0.750. The number of rotatable bonds is 5. The molecule has 19 heavy (non-hydrogen) atoms. The van der Waals surface area contributed by atoms with Gasteiger partial charge >= 0.3 is 11.9 Å². The molecule has 0 aliphatic carbocycles. The average molecular weight is 272 g/mol. The van der Waals surface area contributed by atoms with Crippen LogP contribution in [0.5, 0.6) is 0 Å². The second kappa shape index (κ2) is 7.08. The van der Waals surface area contributed by atoms with Crippen LogP contribution in [0.4, 0.5) is 0 Å². The molecule has 0 aromatic carbocycles. The Bertz CT molecular complexity index is 350. The second-order valence-corrected chi connectivity index (χ2v) is 4.56. The van der Waals surface area contributed by atoms with Crippen LogP contribution < -0.4 is 5.73 Å². The van der Waals surface area contributed by atoms with Crippen molar-refractivity contribution >= 4 is 17.8 Å². The molecule has 1 saturated heterocycles. The number of carboxylic acid groups (broad SMARTS) is 1. The summed E-state index contributed by atoms with van der Waals surface area (Å²) < 4.78 is 4.93. The Morgan fingerprint density at radius 2 is 1.95 bits per heavy atom. The minimum absolute atomic E-state index is 0.181. The average Bonchev–Trinajstić information content (AvgIpc) is 2.37. The van der Waals surface area contributed by atoms with Crippen LogP contribution in [0.25, 0.3) is 0 Å². The molecule has 7 heteroatoms. The first kappa shape index (κ1) is 15.4. The number of esters is 1. The van der Waals surface area contributed by atoms with Crippen molar-refractivity contribution in [3.05, 3.63) is 0 Å². The summed E-state index contributed by atoms with van der Waals surface area (Å²) in [5.41, 5.74) is 5.53. The monoisotopic (exact) mass is 272 g/mol. The van der Waals surface area contributed by atoms with E-state index in [1.54, 1.807) is 6.92 Å². The van der Waals surface area contributed by atoms with Gasteiger partial charge in [-0.25, -0.2) is 0 Å². The van der Waals surface area contributed by atoms with Crippen LogP contribution in [0.1, 0.15) is 26.2 Å². The predicted octanol–water partition coefficient (Wildman–Crippen LogP) is -0.410. The van der Waals surface area contributed by atoms with E-state index in [1.807, 2.05) is 0 Å². The molecule has 0 spiro atoms. The number of piperidine rings is 1. The fourth-order valence-corrected chi connectivity index (χ4v) is 2.11. The third-order valence-corrected chi connectivity index (χ3v) is 3.14. The van der Waals surface area contributed by atoms with Gasteiger partial charge in [-0.3, -0.25) is 14.4 Å². The van der Waals surface area contributed by atoms with Crippen LogP contribution in [0.2, 0.25) is 0 Å². The van der Waals surface area contributed by atoms with Crippen LogP contribution in [-0.2, 0) is 19.1 Å². The van der Waals surface area contributed by atoms with Crippen molar-refractivity contribution in [2.45, 2.75) is 32.2 Å². The number of likely N-dealkylation sites (tertiary alicyclic amines) is 1. The number of hydrogen-bond donors (Lipinski definition) is 2. The number of nitrogens with zero attached hydrogens (tertiary/aromatic N) is 1. The number of aliphatic carboxylic acids is 1. The van der Waals surface area contributed by atoms with E-state index in [4.69, 9.17) is 15.6 Å². The van der Waals surface area contributed by atoms with E-state index in [0.717, 1.165) is 0 Å². The van der Waals surface area contributed by atoms with E-state index >= 15 is 0 Å². The maximum absolute atomic E-state index is 11.9. The molecule has 0 radical (unpaired) electrons. The summed E-state index contributed by atoms with van der Waals surface area (Å²) in [6.07, 6.45) is 0.686. The summed E-state index contributed by atoms with van der Waals surface area (Å²) in [6, 6.07) is -1.02. The summed E-state index contributed by atoms with van der Waals surface area (Å²) in [7, 11) is 0. The first-order valence-corrected chi connectivity index (χ1v) is 6.38. The quantitative estimate of drug-likeness (QED) is 0.658. The van der Waals surface area contributed by atoms with Gasteiger partial charge in [-0.05, 0) is 19.8 Å². The standard InChI is InChI=1S/C12H20N2O5/c1-2-19-12(18)8-3-5-14(6-4-8)11(17)9(13)7-10(15)16/h8-9H,2-7,13H2,1H3,(H,15,16). The molecular formula is C12H20N2O5. The highest BCUT2D eigenvalue weighted by molar-refractivity contribution is 5.86. The van der Waals surface area contributed by atoms with E-state index in [2.05, 4.69) is 0 Å². The predicted molar refractivity (Wildman–Crippen MR) is 66.2 cm³/mol. The van der Waals surface area contributed by atoms with Gasteiger partial charge < -0.3 is 20.5 Å². The topological polar surface area (TPSA) is 110 Å². The molecule has 0 aromatic rings. The van der Waals surface area contributed by atoms with Crippen molar-refractivity contribution in [1.29, 1.82) is 0 Å². The van der Waals surface area contributed by atoms with Gasteiger partial charge in [0.15, 0.2) is 0 Å². The lowest BCUT2D eigenvalue weighted by Gasteiger charge is -2.32. The Morgan fingerprint density at radius 3 is 2.42 bits per heavy atom. The van der Waals surface area contributed by atoms with Gasteiger partial charge in [0, 0.05) is 13.1 Å². The minimum Gasteiger partial charge on any atom is -0.481 e. The van der Waals surface area contributed by atoms with Crippen LogP contribution in [0, 0.1) is 5.92 Å². The van der Waals surface area contributed by atoms with E-state index in [9.17, 15) is 14.4 Å². The summed E-state index contributed by atoms with van der Waals surface area (Å²) in [5, 5.41) is 8.59. The maximum Gasteiger partial charge on any atom is 0.309 e. The zero-order chi connectivity index (χ0) is 14.4. The molecular weight excluding hydrogens is 252 g/mol. The Morgan fingerprint density at radius 1 is 1.37 bits per heavy atom. The molecule has 1 aliphatic rings. The molecule has 1 atom stereocenters. The molecule has 1 unspecified atom stereocenters. The summed E-state index contributed by atoms with van der Waals surface area (Å²) in [5.74, 6) is -1.88. The molecule has 1 amide bonds. The lowest BCUT2D eigenvalue weighted by molar-refractivity contribution is -0.151. The van der Waals surface area contributed by atoms with Crippen LogP contribution in [0.3, 0.4) is 0 Å². The maximum atomic E-state index is 11.9. The highest BCUT2D eigenvalue weighted by Crippen LogP contribution is 2.19. The number of hydrogen-bond acceptors (Lipinski definition) is 5. The molecule has 3 N–H and O–H groups in total. The highest BCUT2D eigenvalue weighted by atomic mass is 16.5. The largest absolute Gasteiger partial charge is 0.481 e. The summed E-state index contributed by atoms with van der Waals surface area (Å²) in [4.78, 5) is 35.4. The van der Waals surface area contributed by atoms with Crippen LogP contribution >= 0.6 is 0 Å². The SMILES string of the molecule is CCOC(=O)C1CCN(C(=O)C(N)CC(=O)O)CC1. The number of carbonyl (C=O) groups is 3. The van der Waals surface area contributed by atoms with Crippen molar-refractivity contribution in [2.75, 3.05) is 19.7 Å². The third kappa shape index (κ3) is 4.51. The van der Waals surface area contributed by atoms with Gasteiger partial charge in [0.2, 0.25) is 5.91 Å². The van der Waals surface area contributed by atoms with Crippen molar-refractivity contribution in [3.63, 3.8) is 0 Å². The zero-order valence-corrected chi connectivity index (χ0v) is 11.0. The van der Waals surface area contributed by atoms with Gasteiger partial charge in [0.25, 0.3) is 0 Å². The molecule has 1 heterocycles. The van der Waals surface area contributed by atoms with Gasteiger partial charge in [-0.2, -0.15) is 0 Å². The van der Waals surface area contributed by atoms with E-state index in [-0.39, 0.29) is 24.2 Å². The first-order chi connectivity index (χ1) is 8.95. The molecule has 108 valence electrons. The van der Waals surface area contributed by atoms with E-state index < -0.39 is 12.0 Å². The van der Waals surface area contributed by atoms with Crippen molar-refractivity contribution in [1.82, 2.24) is 4.90 Å². The Labute approximate surface area is 111 Å². The molecule has 7 nitrogen and oxygen atoms in total. The van der Waals surface area contributed by atoms with Crippen LogP contribution in [-0.4, -0.2) is 53.6 Å². The van der Waals surface area contributed by atoms with Crippen molar-refractivity contribution in [2.24, 2.45) is 11.7 Å². The molecule has 0 saturated carbocycles. The highest BCUT2D eigenvalue weighted by Gasteiger charge is 2.30. The van der Waals surface area contributed by atoms with Gasteiger partial charge in [0.1, 0.15) is 0 Å². The lowest BCUT2D eigenvalue weighted by Crippen LogP contribution is -2.48. The normalized spacial score (nSPS) is 17.9. The van der Waals surface area contributed by atoms with Crippen molar-refractivity contribution < 1.29 is 24.2 Å². The number of amides is 1. The summed E-state index contributed by atoms with van der Waals surface area (Å²) >= 11 is 0. The molecule has 0 bridgehead atoms. The molecule has 0 aromatic heterocycles. The Balaban J connectivity index is 2.43.